The number of ether oxygens (including phenoxy) is 1. The van der Waals surface area contributed by atoms with Gasteiger partial charge in [0, 0.05) is 52.0 Å². The Bertz CT molecular complexity index is 1740. The highest BCUT2D eigenvalue weighted by Gasteiger charge is 2.30. The Balaban J connectivity index is 1.68. The van der Waals surface area contributed by atoms with Crippen molar-refractivity contribution in [2.24, 2.45) is 14.1 Å². The van der Waals surface area contributed by atoms with Crippen molar-refractivity contribution in [3.05, 3.63) is 58.7 Å². The second-order valence-electron chi connectivity index (χ2n) is 10.7. The fraction of sp³-hybridized carbons (Fsp3) is 0.414. The molecule has 5 aromatic rings. The summed E-state index contributed by atoms with van der Waals surface area (Å²) >= 11 is 0. The van der Waals surface area contributed by atoms with E-state index in [0.29, 0.717) is 23.3 Å². The number of imidazole rings is 1. The summed E-state index contributed by atoms with van der Waals surface area (Å²) in [7, 11) is 5.09. The van der Waals surface area contributed by atoms with Crippen molar-refractivity contribution in [1.29, 1.82) is 0 Å². The molecule has 2 N–H and O–H groups in total. The molecule has 0 spiro atoms. The summed E-state index contributed by atoms with van der Waals surface area (Å²) in [4.78, 5) is 21.6. The normalized spacial score (nSPS) is 16.1. The van der Waals surface area contributed by atoms with E-state index < -0.39 is 11.5 Å². The van der Waals surface area contributed by atoms with Gasteiger partial charge in [0.2, 0.25) is 5.95 Å². The third-order valence-corrected chi connectivity index (χ3v) is 8.44. The molecule has 1 aliphatic rings. The van der Waals surface area contributed by atoms with Crippen LogP contribution in [-0.4, -0.2) is 47.7 Å². The molecule has 4 aromatic heterocycles. The minimum atomic E-state index is -0.650. The van der Waals surface area contributed by atoms with E-state index in [4.69, 9.17) is 4.74 Å². The smallest absolute Gasteiger partial charge is 0.329 e. The van der Waals surface area contributed by atoms with Gasteiger partial charge in [0.25, 0.3) is 0 Å². The van der Waals surface area contributed by atoms with Gasteiger partial charge in [-0.3, -0.25) is 13.8 Å². The van der Waals surface area contributed by atoms with Crippen LogP contribution in [0.1, 0.15) is 50.6 Å². The van der Waals surface area contributed by atoms with Crippen molar-refractivity contribution < 1.29 is 14.2 Å². The summed E-state index contributed by atoms with van der Waals surface area (Å²) < 4.78 is 25.9. The Morgan fingerprint density at radius 1 is 1.21 bits per heavy atom. The maximum absolute atomic E-state index is 15.1. The van der Waals surface area contributed by atoms with Crippen molar-refractivity contribution in [3.63, 3.8) is 0 Å². The number of aryl methyl sites for hydroxylation is 2. The number of nitrogens with one attached hydrogen (secondary N) is 1. The highest BCUT2D eigenvalue weighted by molar-refractivity contribution is 6.14. The zero-order chi connectivity index (χ0) is 27.5. The largest absolute Gasteiger partial charge is 0.396 e. The summed E-state index contributed by atoms with van der Waals surface area (Å²) in [6, 6.07) is 8.00. The molecule has 0 aliphatic heterocycles. The number of halogens is 1. The first-order chi connectivity index (χ1) is 18.8. The van der Waals surface area contributed by atoms with Crippen molar-refractivity contribution in [1.82, 2.24) is 28.9 Å². The van der Waals surface area contributed by atoms with Crippen molar-refractivity contribution in [3.8, 4) is 22.4 Å². The first kappa shape index (κ1) is 25.5. The third kappa shape index (κ3) is 3.92. The lowest BCUT2D eigenvalue weighted by Crippen LogP contribution is -2.25. The van der Waals surface area contributed by atoms with E-state index in [-0.39, 0.29) is 18.3 Å². The summed E-state index contributed by atoms with van der Waals surface area (Å²) in [5.74, 6) is -0.589. The molecule has 4 heterocycles. The minimum absolute atomic E-state index is 0.00464. The minimum Gasteiger partial charge on any atom is -0.396 e. The Hall–Kier alpha value is -3.76. The van der Waals surface area contributed by atoms with E-state index in [1.54, 1.807) is 38.2 Å². The van der Waals surface area contributed by atoms with Crippen LogP contribution in [0.3, 0.4) is 0 Å². The molecule has 10 heteroatoms. The summed E-state index contributed by atoms with van der Waals surface area (Å²) in [6.07, 6.45) is 7.88. The van der Waals surface area contributed by atoms with Gasteiger partial charge < -0.3 is 14.8 Å². The number of hydrogen-bond acceptors (Lipinski definition) is 5. The monoisotopic (exact) mass is 532 g/mol. The summed E-state index contributed by atoms with van der Waals surface area (Å²) in [6.45, 7) is 1.94. The van der Waals surface area contributed by atoms with Crippen LogP contribution in [0.15, 0.2) is 41.5 Å². The van der Waals surface area contributed by atoms with Crippen molar-refractivity contribution >= 4 is 22.1 Å². The predicted molar refractivity (Wildman–Crippen MR) is 148 cm³/mol. The molecule has 0 amide bonds. The van der Waals surface area contributed by atoms with Crippen molar-refractivity contribution in [2.75, 3.05) is 13.7 Å². The summed E-state index contributed by atoms with van der Waals surface area (Å²) in [5.41, 5.74) is 4.83. The zero-order valence-electron chi connectivity index (χ0n) is 22.7. The van der Waals surface area contributed by atoms with Crippen LogP contribution in [0.25, 0.3) is 44.5 Å². The number of methoxy groups -OCH3 is 1. The van der Waals surface area contributed by atoms with Gasteiger partial charge in [0.1, 0.15) is 5.65 Å². The third-order valence-electron chi connectivity index (χ3n) is 8.44. The van der Waals surface area contributed by atoms with Crippen LogP contribution in [-0.2, 0) is 24.4 Å². The molecular formula is C29H33FN6O3. The number of pyridine rings is 1. The fourth-order valence-corrected chi connectivity index (χ4v) is 6.17. The molecule has 1 aromatic carbocycles. The topological polar surface area (TPSA) is 103 Å². The van der Waals surface area contributed by atoms with Crippen molar-refractivity contribution in [2.45, 2.75) is 50.7 Å². The number of aliphatic hydroxyl groups is 1. The number of aromatic nitrogens is 6. The number of aliphatic hydroxyl groups excluding tert-OH is 1. The quantitative estimate of drug-likeness (QED) is 0.314. The van der Waals surface area contributed by atoms with Crippen LogP contribution >= 0.6 is 0 Å². The van der Waals surface area contributed by atoms with Gasteiger partial charge in [-0.25, -0.2) is 9.78 Å². The Kier molecular flexibility index (Phi) is 6.19. The van der Waals surface area contributed by atoms with E-state index in [1.807, 2.05) is 35.8 Å². The molecule has 6 rings (SSSR count). The lowest BCUT2D eigenvalue weighted by atomic mass is 9.90. The Morgan fingerprint density at radius 3 is 2.54 bits per heavy atom. The molecular weight excluding hydrogens is 499 g/mol. The van der Waals surface area contributed by atoms with Crippen LogP contribution in [0, 0.1) is 5.95 Å². The molecule has 1 atom stereocenters. The molecule has 0 bridgehead atoms. The van der Waals surface area contributed by atoms with E-state index in [2.05, 4.69) is 15.1 Å². The maximum atomic E-state index is 15.1. The maximum Gasteiger partial charge on any atom is 0.329 e. The van der Waals surface area contributed by atoms with Crippen LogP contribution in [0.2, 0.25) is 0 Å². The van der Waals surface area contributed by atoms with E-state index in [0.717, 1.165) is 58.8 Å². The molecule has 1 aliphatic carbocycles. The molecule has 0 unspecified atom stereocenters. The number of benzene rings is 1. The van der Waals surface area contributed by atoms with Gasteiger partial charge in [-0.2, -0.15) is 4.39 Å². The molecule has 9 nitrogen and oxygen atoms in total. The Labute approximate surface area is 224 Å². The molecule has 1 fully saturated rings. The van der Waals surface area contributed by atoms with Gasteiger partial charge in [-0.1, -0.05) is 37.1 Å². The number of aromatic amines is 1. The fourth-order valence-electron chi connectivity index (χ4n) is 6.17. The van der Waals surface area contributed by atoms with E-state index in [1.165, 1.54) is 4.68 Å². The average Bonchev–Trinajstić information content (AvgIpc) is 3.70. The SMILES string of the molecule is CO[C@](C)(CCO)c1ccc(-c2c(-c3cn(C)nc3F)[nH]c3ncc4c(c23)n(C2CCCC2)c(=O)n4C)cc1. The van der Waals surface area contributed by atoms with E-state index >= 15 is 4.39 Å². The molecule has 204 valence electrons. The standard InChI is InChI=1S/C29H33FN6O3/c1-29(39-4,13-14-37)18-11-9-17(10-12-18)22-23-25-21(35(3)28(38)36(25)19-7-5-6-8-19)15-31-27(23)32-24(22)20-16-34(2)33-26(20)30/h9-12,15-16,19,37H,5-8,13-14H2,1-4H3,(H,31,32)/t29-/m1/s1. The number of H-pyrrole nitrogens is 1. The second kappa shape index (κ2) is 9.46. The lowest BCUT2D eigenvalue weighted by molar-refractivity contribution is -0.0173. The van der Waals surface area contributed by atoms with Gasteiger partial charge in [0.05, 0.1) is 39.5 Å². The lowest BCUT2D eigenvalue weighted by Gasteiger charge is -2.28. The van der Waals surface area contributed by atoms with Gasteiger partial charge in [-0.15, -0.1) is 5.10 Å². The second-order valence-corrected chi connectivity index (χ2v) is 10.7. The highest BCUT2D eigenvalue weighted by Crippen LogP contribution is 2.43. The number of nitrogens with zero attached hydrogens (tertiary/aromatic N) is 5. The number of hydrogen-bond donors (Lipinski definition) is 2. The zero-order valence-corrected chi connectivity index (χ0v) is 22.7. The van der Waals surface area contributed by atoms with Gasteiger partial charge in [-0.05, 0) is 30.9 Å². The van der Waals surface area contributed by atoms with Gasteiger partial charge >= 0.3 is 5.69 Å². The van der Waals surface area contributed by atoms with Crippen LogP contribution in [0.5, 0.6) is 0 Å². The number of rotatable bonds is 7. The van der Waals surface area contributed by atoms with Crippen LogP contribution in [0.4, 0.5) is 4.39 Å². The predicted octanol–water partition coefficient (Wildman–Crippen LogP) is 4.78. The molecule has 0 radical (unpaired) electrons. The number of fused-ring (bicyclic) bond motifs is 3. The summed E-state index contributed by atoms with van der Waals surface area (Å²) in [5, 5.41) is 14.3. The van der Waals surface area contributed by atoms with Gasteiger partial charge in [0.15, 0.2) is 0 Å². The molecule has 0 saturated heterocycles. The Morgan fingerprint density at radius 2 is 1.92 bits per heavy atom. The first-order valence-corrected chi connectivity index (χ1v) is 13.4. The molecule has 1 saturated carbocycles. The first-order valence-electron chi connectivity index (χ1n) is 13.4. The highest BCUT2D eigenvalue weighted by atomic mass is 19.1. The van der Waals surface area contributed by atoms with Crippen LogP contribution < -0.4 is 5.69 Å². The van der Waals surface area contributed by atoms with E-state index in [9.17, 15) is 9.90 Å². The average molecular weight is 533 g/mol. The molecule has 39 heavy (non-hydrogen) atoms.